The molecule has 30 heavy (non-hydrogen) atoms. The molecular formula is C24H31ClN2O3. The Morgan fingerprint density at radius 1 is 1.00 bits per heavy atom. The Labute approximate surface area is 185 Å². The summed E-state index contributed by atoms with van der Waals surface area (Å²) in [6.45, 7) is 4.27. The number of ether oxygens (including phenoxy) is 1. The molecule has 1 fully saturated rings. The predicted molar refractivity (Wildman–Crippen MR) is 122 cm³/mol. The molecule has 1 aliphatic rings. The van der Waals surface area contributed by atoms with Crippen molar-refractivity contribution in [3.8, 4) is 0 Å². The van der Waals surface area contributed by atoms with Gasteiger partial charge in [0.05, 0.1) is 7.11 Å². The first-order chi connectivity index (χ1) is 14.1. The fourth-order valence-corrected chi connectivity index (χ4v) is 4.15. The van der Waals surface area contributed by atoms with Crippen molar-refractivity contribution in [1.82, 2.24) is 4.90 Å². The molecule has 1 aliphatic heterocycles. The van der Waals surface area contributed by atoms with Crippen molar-refractivity contribution in [1.29, 1.82) is 0 Å². The van der Waals surface area contributed by atoms with E-state index in [-0.39, 0.29) is 24.3 Å². The van der Waals surface area contributed by atoms with Gasteiger partial charge < -0.3 is 9.64 Å². The molecule has 0 N–H and O–H groups in total. The van der Waals surface area contributed by atoms with Crippen LogP contribution in [-0.2, 0) is 20.7 Å². The molecule has 0 radical (unpaired) electrons. The number of halogens is 1. The summed E-state index contributed by atoms with van der Waals surface area (Å²) in [5.41, 5.74) is 1.11. The Balaban J connectivity index is 0.00000320. The molecule has 6 heteroatoms. The van der Waals surface area contributed by atoms with Crippen LogP contribution in [-0.4, -0.2) is 49.1 Å². The van der Waals surface area contributed by atoms with E-state index in [1.54, 1.807) is 4.90 Å². The highest BCUT2D eigenvalue weighted by Gasteiger charge is 2.49. The van der Waals surface area contributed by atoms with E-state index in [4.69, 9.17) is 4.74 Å². The van der Waals surface area contributed by atoms with Gasteiger partial charge in [0.1, 0.15) is 5.54 Å². The van der Waals surface area contributed by atoms with E-state index < -0.39 is 5.54 Å². The summed E-state index contributed by atoms with van der Waals surface area (Å²) >= 11 is 0. The van der Waals surface area contributed by atoms with Crippen molar-refractivity contribution in [2.24, 2.45) is 0 Å². The first kappa shape index (κ1) is 23.9. The second kappa shape index (κ2) is 11.1. The number of likely N-dealkylation sites (tertiary alicyclic amines) is 1. The van der Waals surface area contributed by atoms with Crippen molar-refractivity contribution >= 4 is 30.0 Å². The maximum absolute atomic E-state index is 13.0. The van der Waals surface area contributed by atoms with E-state index in [0.717, 1.165) is 31.7 Å². The van der Waals surface area contributed by atoms with E-state index in [0.29, 0.717) is 19.3 Å². The van der Waals surface area contributed by atoms with Gasteiger partial charge in [-0.05, 0) is 37.0 Å². The Kier molecular flexibility index (Phi) is 8.88. The monoisotopic (exact) mass is 430 g/mol. The highest BCUT2D eigenvalue weighted by molar-refractivity contribution is 6.02. The van der Waals surface area contributed by atoms with Crippen LogP contribution in [0.2, 0.25) is 0 Å². The van der Waals surface area contributed by atoms with Crippen LogP contribution in [0, 0.1) is 0 Å². The number of methoxy groups -OCH3 is 1. The largest absolute Gasteiger partial charge is 0.467 e. The van der Waals surface area contributed by atoms with E-state index in [1.165, 1.54) is 12.7 Å². The minimum atomic E-state index is -0.952. The summed E-state index contributed by atoms with van der Waals surface area (Å²) in [5.74, 6) is -0.384. The molecule has 5 nitrogen and oxygen atoms in total. The minimum Gasteiger partial charge on any atom is -0.467 e. The zero-order valence-corrected chi connectivity index (χ0v) is 18.6. The highest BCUT2D eigenvalue weighted by atomic mass is 35.5. The van der Waals surface area contributed by atoms with Crippen molar-refractivity contribution in [2.45, 2.75) is 38.1 Å². The van der Waals surface area contributed by atoms with Crippen LogP contribution in [0.25, 0.3) is 0 Å². The summed E-state index contributed by atoms with van der Waals surface area (Å²) in [4.78, 5) is 30.0. The number of esters is 1. The molecule has 0 aromatic heterocycles. The van der Waals surface area contributed by atoms with E-state index in [1.807, 2.05) is 43.3 Å². The smallest absolute Gasteiger partial charge is 0.332 e. The maximum Gasteiger partial charge on any atom is 0.332 e. The van der Waals surface area contributed by atoms with Gasteiger partial charge in [-0.2, -0.15) is 0 Å². The molecule has 0 bridgehead atoms. The average Bonchev–Trinajstić information content (AvgIpc) is 2.79. The van der Waals surface area contributed by atoms with Gasteiger partial charge in [-0.25, -0.2) is 4.79 Å². The molecular weight excluding hydrogens is 400 g/mol. The van der Waals surface area contributed by atoms with Gasteiger partial charge in [0.2, 0.25) is 5.91 Å². The lowest BCUT2D eigenvalue weighted by Crippen LogP contribution is -2.62. The van der Waals surface area contributed by atoms with E-state index in [9.17, 15) is 9.59 Å². The van der Waals surface area contributed by atoms with Crippen molar-refractivity contribution in [2.75, 3.05) is 31.6 Å². The van der Waals surface area contributed by atoms with E-state index in [2.05, 4.69) is 29.2 Å². The zero-order valence-electron chi connectivity index (χ0n) is 17.8. The number of piperidine rings is 1. The number of para-hydroxylation sites is 1. The highest BCUT2D eigenvalue weighted by Crippen LogP contribution is 2.35. The molecule has 2 aromatic rings. The van der Waals surface area contributed by atoms with Crippen LogP contribution in [0.5, 0.6) is 0 Å². The van der Waals surface area contributed by atoms with Gasteiger partial charge in [-0.1, -0.05) is 55.5 Å². The number of anilines is 1. The average molecular weight is 431 g/mol. The molecule has 0 aliphatic carbocycles. The first-order valence-electron chi connectivity index (χ1n) is 10.3. The number of amides is 1. The first-order valence-corrected chi connectivity index (χ1v) is 10.3. The lowest BCUT2D eigenvalue weighted by molar-refractivity contribution is -0.151. The summed E-state index contributed by atoms with van der Waals surface area (Å²) in [5, 5.41) is 0. The molecule has 0 spiro atoms. The van der Waals surface area contributed by atoms with Crippen LogP contribution < -0.4 is 4.90 Å². The molecule has 0 atom stereocenters. The van der Waals surface area contributed by atoms with Crippen LogP contribution >= 0.6 is 12.4 Å². The van der Waals surface area contributed by atoms with Gasteiger partial charge in [0.15, 0.2) is 0 Å². The summed E-state index contributed by atoms with van der Waals surface area (Å²) in [6.07, 6.45) is 2.44. The van der Waals surface area contributed by atoms with Crippen LogP contribution in [0.4, 0.5) is 5.69 Å². The minimum absolute atomic E-state index is 0. The zero-order chi connectivity index (χ0) is 20.7. The van der Waals surface area contributed by atoms with Crippen molar-refractivity contribution < 1.29 is 14.3 Å². The summed E-state index contributed by atoms with van der Waals surface area (Å²) in [6, 6.07) is 19.9. The van der Waals surface area contributed by atoms with Crippen LogP contribution in [0.15, 0.2) is 60.7 Å². The quantitative estimate of drug-likeness (QED) is 0.620. The number of hydrogen-bond acceptors (Lipinski definition) is 4. The molecule has 0 saturated carbocycles. The molecule has 162 valence electrons. The molecule has 0 unspecified atom stereocenters. The number of rotatable bonds is 7. The fraction of sp³-hybridized carbons (Fsp3) is 0.417. The van der Waals surface area contributed by atoms with Crippen LogP contribution in [0.1, 0.15) is 31.7 Å². The Hall–Kier alpha value is -2.37. The van der Waals surface area contributed by atoms with Gasteiger partial charge in [-0.3, -0.25) is 9.69 Å². The van der Waals surface area contributed by atoms with Crippen LogP contribution in [0.3, 0.4) is 0 Å². The number of nitrogens with zero attached hydrogens (tertiary/aromatic N) is 2. The maximum atomic E-state index is 13.0. The van der Waals surface area contributed by atoms with Gasteiger partial charge >= 0.3 is 5.97 Å². The second-order valence-corrected chi connectivity index (χ2v) is 7.52. The second-order valence-electron chi connectivity index (χ2n) is 7.52. The van der Waals surface area contributed by atoms with Crippen molar-refractivity contribution in [3.63, 3.8) is 0 Å². The number of hydrogen-bond donors (Lipinski definition) is 0. The Morgan fingerprint density at radius 2 is 1.57 bits per heavy atom. The van der Waals surface area contributed by atoms with Gasteiger partial charge in [-0.15, -0.1) is 12.4 Å². The lowest BCUT2D eigenvalue weighted by atomic mass is 9.84. The number of carbonyl (C=O) groups excluding carboxylic acids is 2. The molecule has 1 heterocycles. The molecule has 1 saturated heterocycles. The normalized spacial score (nSPS) is 15.7. The molecule has 1 amide bonds. The summed E-state index contributed by atoms with van der Waals surface area (Å²) < 4.78 is 5.20. The Morgan fingerprint density at radius 3 is 2.10 bits per heavy atom. The third kappa shape index (κ3) is 5.21. The SMILES string of the molecule is CCC(=O)N(c1ccccc1)C1(C(=O)OC)CCN(CCc2ccccc2)CC1.Cl. The predicted octanol–water partition coefficient (Wildman–Crippen LogP) is 4.10. The van der Waals surface area contributed by atoms with E-state index >= 15 is 0 Å². The number of carbonyl (C=O) groups is 2. The molecule has 2 aromatic carbocycles. The van der Waals surface area contributed by atoms with Gasteiger partial charge in [0, 0.05) is 31.7 Å². The van der Waals surface area contributed by atoms with Crippen molar-refractivity contribution in [3.05, 3.63) is 66.2 Å². The topological polar surface area (TPSA) is 49.9 Å². The molecule has 3 rings (SSSR count). The lowest BCUT2D eigenvalue weighted by Gasteiger charge is -2.46. The number of benzene rings is 2. The standard InChI is InChI=1S/C24H30N2O3.ClH/c1-3-22(27)26(21-12-8-5-9-13-21)24(23(28)29-2)15-18-25(19-16-24)17-14-20-10-6-4-7-11-20;/h4-13H,3,14-19H2,1-2H3;1H. The third-order valence-electron chi connectivity index (χ3n) is 5.80. The third-order valence-corrected chi connectivity index (χ3v) is 5.80. The van der Waals surface area contributed by atoms with Gasteiger partial charge in [0.25, 0.3) is 0 Å². The Bertz CT molecular complexity index is 806. The fourth-order valence-electron chi connectivity index (χ4n) is 4.15. The summed E-state index contributed by atoms with van der Waals surface area (Å²) in [7, 11) is 1.41.